The van der Waals surface area contributed by atoms with Crippen molar-refractivity contribution in [3.8, 4) is 0 Å². The molecule has 146 valence electrons. The van der Waals surface area contributed by atoms with Gasteiger partial charge in [0.15, 0.2) is 18.7 Å². The van der Waals surface area contributed by atoms with Crippen LogP contribution in [0.1, 0.15) is 0 Å². The summed E-state index contributed by atoms with van der Waals surface area (Å²) in [6.07, 6.45) is -15.6. The van der Waals surface area contributed by atoms with Crippen molar-refractivity contribution in [3.05, 3.63) is 0 Å². The van der Waals surface area contributed by atoms with Crippen molar-refractivity contribution in [2.75, 3.05) is 13.2 Å². The zero-order valence-corrected chi connectivity index (χ0v) is 12.9. The molecule has 2 saturated heterocycles. The van der Waals surface area contributed by atoms with E-state index in [0.29, 0.717) is 0 Å². The highest BCUT2D eigenvalue weighted by Gasteiger charge is 2.51. The number of aliphatic hydroxyl groups excluding tert-OH is 7. The van der Waals surface area contributed by atoms with Crippen LogP contribution < -0.4 is 0 Å². The Morgan fingerprint density at radius 2 is 1.40 bits per heavy atom. The SMILES string of the molecule is O=CO[C@@H]1C(CO)O[C@@H](OC2[C@@H](O)[C@H](O)C(CO)O[C@@H]2O)C(O)[C@H]1O. The second-order valence-electron chi connectivity index (χ2n) is 5.73. The highest BCUT2D eigenvalue weighted by atomic mass is 16.7. The quantitative estimate of drug-likeness (QED) is 0.220. The minimum Gasteiger partial charge on any atom is -0.459 e. The van der Waals surface area contributed by atoms with Crippen LogP contribution in [-0.2, 0) is 23.7 Å². The summed E-state index contributed by atoms with van der Waals surface area (Å²) in [5.41, 5.74) is 0. The lowest BCUT2D eigenvalue weighted by atomic mass is 9.97. The molecule has 0 aromatic heterocycles. The van der Waals surface area contributed by atoms with Gasteiger partial charge in [0, 0.05) is 0 Å². The molecule has 4 unspecified atom stereocenters. The fourth-order valence-electron chi connectivity index (χ4n) is 2.77. The lowest BCUT2D eigenvalue weighted by Crippen LogP contribution is -2.64. The smallest absolute Gasteiger partial charge is 0.293 e. The Morgan fingerprint density at radius 1 is 0.800 bits per heavy atom. The number of aliphatic hydroxyl groups is 7. The number of carbonyl (C=O) groups excluding carboxylic acids is 1. The average Bonchev–Trinajstić information content (AvgIpc) is 2.60. The molecule has 12 nitrogen and oxygen atoms in total. The topological polar surface area (TPSA) is 196 Å². The predicted molar refractivity (Wildman–Crippen MR) is 73.5 cm³/mol. The van der Waals surface area contributed by atoms with Gasteiger partial charge in [0.1, 0.15) is 42.7 Å². The molecule has 0 saturated carbocycles. The monoisotopic (exact) mass is 370 g/mol. The van der Waals surface area contributed by atoms with Crippen molar-refractivity contribution in [2.45, 2.75) is 61.4 Å². The number of ether oxygens (including phenoxy) is 4. The minimum atomic E-state index is -1.78. The molecular formula is C13H22O12. The van der Waals surface area contributed by atoms with Gasteiger partial charge in [0.2, 0.25) is 0 Å². The van der Waals surface area contributed by atoms with Crippen LogP contribution >= 0.6 is 0 Å². The van der Waals surface area contributed by atoms with Crippen molar-refractivity contribution in [2.24, 2.45) is 0 Å². The minimum absolute atomic E-state index is 0.0156. The van der Waals surface area contributed by atoms with Gasteiger partial charge in [-0.05, 0) is 0 Å². The number of carbonyl (C=O) groups is 1. The van der Waals surface area contributed by atoms with E-state index < -0.39 is 74.6 Å². The molecular weight excluding hydrogens is 348 g/mol. The summed E-state index contributed by atoms with van der Waals surface area (Å²) in [4.78, 5) is 10.5. The van der Waals surface area contributed by atoms with E-state index in [0.717, 1.165) is 0 Å². The summed E-state index contributed by atoms with van der Waals surface area (Å²) in [5.74, 6) is 0. The first-order valence-electron chi connectivity index (χ1n) is 7.53. The fourth-order valence-corrected chi connectivity index (χ4v) is 2.77. The van der Waals surface area contributed by atoms with Crippen LogP contribution in [0, 0.1) is 0 Å². The first-order valence-corrected chi connectivity index (χ1v) is 7.53. The van der Waals surface area contributed by atoms with Gasteiger partial charge in [0.25, 0.3) is 6.47 Å². The first kappa shape index (κ1) is 20.4. The van der Waals surface area contributed by atoms with E-state index in [1.54, 1.807) is 0 Å². The Balaban J connectivity index is 2.09. The lowest BCUT2D eigenvalue weighted by Gasteiger charge is -2.45. The van der Waals surface area contributed by atoms with Gasteiger partial charge in [-0.3, -0.25) is 4.79 Å². The third-order valence-electron chi connectivity index (χ3n) is 4.17. The Hall–Kier alpha value is -0.930. The number of hydrogen-bond donors (Lipinski definition) is 7. The standard InChI is InChI=1S/C13H22O12/c14-1-4-6(17)7(18)11(12(21)23-4)25-13-9(20)8(19)10(22-3-16)5(2-15)24-13/h3-15,17-21H,1-2H2/t4?,5?,6-,7+,8-,9?,10-,11?,12+,13+/m1/s1. The Bertz CT molecular complexity index is 433. The zero-order valence-electron chi connectivity index (χ0n) is 12.9. The number of hydrogen-bond acceptors (Lipinski definition) is 12. The molecule has 12 heteroatoms. The highest BCUT2D eigenvalue weighted by Crippen LogP contribution is 2.29. The molecule has 2 aliphatic rings. The summed E-state index contributed by atoms with van der Waals surface area (Å²) in [5, 5.41) is 68.0. The molecule has 7 N–H and O–H groups in total. The molecule has 25 heavy (non-hydrogen) atoms. The van der Waals surface area contributed by atoms with Gasteiger partial charge in [-0.2, -0.15) is 0 Å². The van der Waals surface area contributed by atoms with Gasteiger partial charge in [0.05, 0.1) is 13.2 Å². The van der Waals surface area contributed by atoms with Gasteiger partial charge < -0.3 is 54.7 Å². The Morgan fingerprint density at radius 3 is 1.96 bits per heavy atom. The van der Waals surface area contributed by atoms with E-state index in [1.807, 2.05) is 0 Å². The van der Waals surface area contributed by atoms with Gasteiger partial charge in [-0.1, -0.05) is 0 Å². The molecule has 2 aliphatic heterocycles. The molecule has 0 amide bonds. The molecule has 2 heterocycles. The van der Waals surface area contributed by atoms with Crippen LogP contribution in [0.3, 0.4) is 0 Å². The molecule has 10 atom stereocenters. The van der Waals surface area contributed by atoms with Crippen LogP contribution in [0.2, 0.25) is 0 Å². The van der Waals surface area contributed by atoms with Crippen LogP contribution in [-0.4, -0.2) is 117 Å². The molecule has 0 spiro atoms. The Kier molecular flexibility index (Phi) is 7.04. The second-order valence-corrected chi connectivity index (χ2v) is 5.73. The maximum atomic E-state index is 10.5. The highest BCUT2D eigenvalue weighted by molar-refractivity contribution is 5.38. The summed E-state index contributed by atoms with van der Waals surface area (Å²) in [6, 6.07) is 0. The molecule has 0 bridgehead atoms. The van der Waals surface area contributed by atoms with E-state index in [9.17, 15) is 35.4 Å². The van der Waals surface area contributed by atoms with Gasteiger partial charge in [-0.25, -0.2) is 0 Å². The van der Waals surface area contributed by atoms with Gasteiger partial charge in [-0.15, -0.1) is 0 Å². The van der Waals surface area contributed by atoms with E-state index >= 15 is 0 Å². The zero-order chi connectivity index (χ0) is 18.7. The number of rotatable bonds is 6. The van der Waals surface area contributed by atoms with Crippen molar-refractivity contribution in [1.29, 1.82) is 0 Å². The van der Waals surface area contributed by atoms with Crippen LogP contribution in [0.25, 0.3) is 0 Å². The van der Waals surface area contributed by atoms with Crippen LogP contribution in [0.15, 0.2) is 0 Å². The van der Waals surface area contributed by atoms with E-state index in [4.69, 9.17) is 19.3 Å². The van der Waals surface area contributed by atoms with Crippen molar-refractivity contribution < 1.29 is 59.5 Å². The van der Waals surface area contributed by atoms with Crippen molar-refractivity contribution in [3.63, 3.8) is 0 Å². The van der Waals surface area contributed by atoms with E-state index in [-0.39, 0.29) is 6.47 Å². The summed E-state index contributed by atoms with van der Waals surface area (Å²) >= 11 is 0. The van der Waals surface area contributed by atoms with E-state index in [1.165, 1.54) is 0 Å². The molecule has 0 radical (unpaired) electrons. The average molecular weight is 370 g/mol. The molecule has 0 aromatic carbocycles. The largest absolute Gasteiger partial charge is 0.459 e. The first-order chi connectivity index (χ1) is 11.8. The second kappa shape index (κ2) is 8.64. The summed E-state index contributed by atoms with van der Waals surface area (Å²) in [7, 11) is 0. The molecule has 0 aromatic rings. The lowest BCUT2D eigenvalue weighted by molar-refractivity contribution is -0.361. The maximum Gasteiger partial charge on any atom is 0.293 e. The normalized spacial score (nSPS) is 48.1. The molecule has 2 rings (SSSR count). The van der Waals surface area contributed by atoms with Gasteiger partial charge >= 0.3 is 0 Å². The molecule has 2 fully saturated rings. The maximum absolute atomic E-state index is 10.5. The van der Waals surface area contributed by atoms with E-state index in [2.05, 4.69) is 4.74 Å². The van der Waals surface area contributed by atoms with Crippen molar-refractivity contribution >= 4 is 6.47 Å². The van der Waals surface area contributed by atoms with Crippen LogP contribution in [0.4, 0.5) is 0 Å². The fraction of sp³-hybridized carbons (Fsp3) is 0.923. The third kappa shape index (κ3) is 4.09. The van der Waals surface area contributed by atoms with Crippen LogP contribution in [0.5, 0.6) is 0 Å². The van der Waals surface area contributed by atoms with Crippen molar-refractivity contribution in [1.82, 2.24) is 0 Å². The Labute approximate surface area is 141 Å². The summed E-state index contributed by atoms with van der Waals surface area (Å²) < 4.78 is 19.9. The summed E-state index contributed by atoms with van der Waals surface area (Å²) in [6.45, 7) is -1.34. The third-order valence-corrected chi connectivity index (χ3v) is 4.17. The predicted octanol–water partition coefficient (Wildman–Crippen LogP) is -5.22. The molecule has 0 aliphatic carbocycles.